The lowest BCUT2D eigenvalue weighted by Crippen LogP contribution is -2.37. The maximum absolute atomic E-state index is 10.9. The number of phenols is 1. The van der Waals surface area contributed by atoms with E-state index in [2.05, 4.69) is 13.0 Å². The molecule has 1 aromatic carbocycles. The fourth-order valence-corrected chi connectivity index (χ4v) is 3.20. The van der Waals surface area contributed by atoms with Crippen molar-refractivity contribution in [3.63, 3.8) is 0 Å². The van der Waals surface area contributed by atoms with Gasteiger partial charge in [-0.25, -0.2) is 0 Å². The SMILES string of the molecule is CCCCCCc1cc2c(cc1O)OC(C)(CCOC(C)=O)CC2. The first-order valence-electron chi connectivity index (χ1n) is 9.10. The first-order valence-corrected chi connectivity index (χ1v) is 9.10. The van der Waals surface area contributed by atoms with Gasteiger partial charge >= 0.3 is 5.97 Å². The van der Waals surface area contributed by atoms with E-state index in [1.807, 2.05) is 6.92 Å². The van der Waals surface area contributed by atoms with Crippen molar-refractivity contribution in [3.05, 3.63) is 23.3 Å². The van der Waals surface area contributed by atoms with Crippen LogP contribution in [0.25, 0.3) is 0 Å². The van der Waals surface area contributed by atoms with Crippen LogP contribution < -0.4 is 4.74 Å². The summed E-state index contributed by atoms with van der Waals surface area (Å²) in [5.74, 6) is 0.830. The molecular weight excluding hydrogens is 304 g/mol. The van der Waals surface area contributed by atoms with E-state index < -0.39 is 0 Å². The van der Waals surface area contributed by atoms with Crippen LogP contribution in [0.1, 0.15) is 70.4 Å². The Morgan fingerprint density at radius 2 is 2.12 bits per heavy atom. The van der Waals surface area contributed by atoms with Crippen molar-refractivity contribution in [2.24, 2.45) is 0 Å². The topological polar surface area (TPSA) is 55.8 Å². The molecule has 134 valence electrons. The lowest BCUT2D eigenvalue weighted by Gasteiger charge is -2.36. The van der Waals surface area contributed by atoms with Gasteiger partial charge in [0.15, 0.2) is 0 Å². The fraction of sp³-hybridized carbons (Fsp3) is 0.650. The quantitative estimate of drug-likeness (QED) is 0.559. The van der Waals surface area contributed by atoms with Crippen molar-refractivity contribution >= 4 is 5.97 Å². The first-order chi connectivity index (χ1) is 11.4. The Balaban J connectivity index is 1.99. The van der Waals surface area contributed by atoms with E-state index in [1.165, 1.54) is 31.7 Å². The number of aromatic hydroxyl groups is 1. The van der Waals surface area contributed by atoms with Crippen LogP contribution in [0, 0.1) is 0 Å². The number of phenolic OH excluding ortho intramolecular Hbond substituents is 1. The number of ether oxygens (including phenoxy) is 2. The van der Waals surface area contributed by atoms with Crippen molar-refractivity contribution in [3.8, 4) is 11.5 Å². The summed E-state index contributed by atoms with van der Waals surface area (Å²) in [6, 6.07) is 3.86. The van der Waals surface area contributed by atoms with Crippen LogP contribution in [0.2, 0.25) is 0 Å². The molecule has 1 heterocycles. The molecule has 1 atom stereocenters. The molecule has 4 nitrogen and oxygen atoms in total. The minimum atomic E-state index is -0.350. The second-order valence-corrected chi connectivity index (χ2v) is 7.04. The third kappa shape index (κ3) is 5.15. The molecule has 0 fully saturated rings. The van der Waals surface area contributed by atoms with Crippen LogP contribution >= 0.6 is 0 Å². The summed E-state index contributed by atoms with van der Waals surface area (Å²) >= 11 is 0. The normalized spacial score (nSPS) is 19.5. The van der Waals surface area contributed by atoms with Crippen LogP contribution in [0.3, 0.4) is 0 Å². The standard InChI is InChI=1S/C20H30O4/c1-4-5-6-7-8-16-13-17-9-10-20(3,11-12-23-15(2)21)24-19(17)14-18(16)22/h13-14,22H,4-12H2,1-3H3. The minimum absolute atomic E-state index is 0.264. The first kappa shape index (κ1) is 18.6. The number of esters is 1. The monoisotopic (exact) mass is 334 g/mol. The van der Waals surface area contributed by atoms with Crippen LogP contribution in [0.15, 0.2) is 12.1 Å². The molecule has 0 saturated carbocycles. The van der Waals surface area contributed by atoms with Gasteiger partial charge in [0.25, 0.3) is 0 Å². The van der Waals surface area contributed by atoms with E-state index in [-0.39, 0.29) is 11.6 Å². The molecule has 0 radical (unpaired) electrons. The number of aryl methyl sites for hydroxylation is 2. The van der Waals surface area contributed by atoms with Crippen LogP contribution in [0.4, 0.5) is 0 Å². The Bertz CT molecular complexity index is 567. The molecule has 1 unspecified atom stereocenters. The predicted molar refractivity (Wildman–Crippen MR) is 94.6 cm³/mol. The minimum Gasteiger partial charge on any atom is -0.508 e. The molecule has 2 rings (SSSR count). The fourth-order valence-electron chi connectivity index (χ4n) is 3.20. The Hall–Kier alpha value is -1.71. The molecule has 0 bridgehead atoms. The van der Waals surface area contributed by atoms with E-state index in [0.29, 0.717) is 18.8 Å². The average molecular weight is 334 g/mol. The Kier molecular flexibility index (Phi) is 6.52. The third-order valence-electron chi connectivity index (χ3n) is 4.78. The summed E-state index contributed by atoms with van der Waals surface area (Å²) in [4.78, 5) is 10.9. The molecule has 0 spiro atoms. The molecule has 0 aromatic heterocycles. The van der Waals surface area contributed by atoms with Crippen LogP contribution in [0.5, 0.6) is 11.5 Å². The van der Waals surface area contributed by atoms with Gasteiger partial charge in [0.05, 0.1) is 6.61 Å². The highest BCUT2D eigenvalue weighted by Crippen LogP contribution is 2.39. The molecular formula is C20H30O4. The van der Waals surface area contributed by atoms with Crippen molar-refractivity contribution in [2.45, 2.75) is 77.7 Å². The second-order valence-electron chi connectivity index (χ2n) is 7.04. The summed E-state index contributed by atoms with van der Waals surface area (Å²) in [6.07, 6.45) is 8.17. The maximum atomic E-state index is 10.9. The molecule has 1 aliphatic rings. The summed E-state index contributed by atoms with van der Waals surface area (Å²) in [6.45, 7) is 6.02. The van der Waals surface area contributed by atoms with Gasteiger partial charge < -0.3 is 14.6 Å². The molecule has 1 aliphatic heterocycles. The van der Waals surface area contributed by atoms with Gasteiger partial charge in [0.1, 0.15) is 17.1 Å². The lowest BCUT2D eigenvalue weighted by atomic mass is 9.89. The van der Waals surface area contributed by atoms with Gasteiger partial charge in [-0.15, -0.1) is 0 Å². The number of benzene rings is 1. The van der Waals surface area contributed by atoms with Crippen LogP contribution in [-0.4, -0.2) is 23.3 Å². The zero-order valence-electron chi connectivity index (χ0n) is 15.2. The number of unbranched alkanes of at least 4 members (excludes halogenated alkanes) is 3. The Morgan fingerprint density at radius 1 is 1.33 bits per heavy atom. The van der Waals surface area contributed by atoms with E-state index in [0.717, 1.165) is 37.0 Å². The van der Waals surface area contributed by atoms with Crippen molar-refractivity contribution in [1.82, 2.24) is 0 Å². The molecule has 0 saturated heterocycles. The summed E-state index contributed by atoms with van der Waals surface area (Å²) in [5, 5.41) is 10.3. The largest absolute Gasteiger partial charge is 0.508 e. The summed E-state index contributed by atoms with van der Waals surface area (Å²) in [5.41, 5.74) is 1.84. The molecule has 4 heteroatoms. The van der Waals surface area contributed by atoms with Crippen LogP contribution in [-0.2, 0) is 22.4 Å². The van der Waals surface area contributed by atoms with Gasteiger partial charge in [-0.2, -0.15) is 0 Å². The molecule has 24 heavy (non-hydrogen) atoms. The molecule has 1 aromatic rings. The highest BCUT2D eigenvalue weighted by molar-refractivity contribution is 5.65. The molecule has 1 N–H and O–H groups in total. The zero-order valence-corrected chi connectivity index (χ0v) is 15.2. The van der Waals surface area contributed by atoms with Crippen molar-refractivity contribution in [2.75, 3.05) is 6.61 Å². The second kappa shape index (κ2) is 8.41. The smallest absolute Gasteiger partial charge is 0.302 e. The number of fused-ring (bicyclic) bond motifs is 1. The summed E-state index contributed by atoms with van der Waals surface area (Å²) in [7, 11) is 0. The highest BCUT2D eigenvalue weighted by atomic mass is 16.5. The summed E-state index contributed by atoms with van der Waals surface area (Å²) < 4.78 is 11.2. The molecule has 0 amide bonds. The number of rotatable bonds is 8. The van der Waals surface area contributed by atoms with E-state index in [4.69, 9.17) is 9.47 Å². The number of hydrogen-bond acceptors (Lipinski definition) is 4. The number of carbonyl (C=O) groups excluding carboxylic acids is 1. The van der Waals surface area contributed by atoms with E-state index in [1.54, 1.807) is 6.07 Å². The predicted octanol–water partition coefficient (Wildman–Crippen LogP) is 4.55. The average Bonchev–Trinajstić information content (AvgIpc) is 2.51. The van der Waals surface area contributed by atoms with Crippen molar-refractivity contribution < 1.29 is 19.4 Å². The van der Waals surface area contributed by atoms with E-state index in [9.17, 15) is 9.90 Å². The third-order valence-corrected chi connectivity index (χ3v) is 4.78. The maximum Gasteiger partial charge on any atom is 0.302 e. The van der Waals surface area contributed by atoms with Gasteiger partial charge in [-0.05, 0) is 49.8 Å². The van der Waals surface area contributed by atoms with Gasteiger partial charge in [-0.1, -0.05) is 26.2 Å². The highest BCUT2D eigenvalue weighted by Gasteiger charge is 2.32. The molecule has 0 aliphatic carbocycles. The Morgan fingerprint density at radius 3 is 2.83 bits per heavy atom. The van der Waals surface area contributed by atoms with Gasteiger partial charge in [0, 0.05) is 19.4 Å². The van der Waals surface area contributed by atoms with Gasteiger partial charge in [0.2, 0.25) is 0 Å². The Labute approximate surface area is 145 Å². The number of hydrogen-bond donors (Lipinski definition) is 1. The van der Waals surface area contributed by atoms with E-state index >= 15 is 0 Å². The van der Waals surface area contributed by atoms with Crippen molar-refractivity contribution in [1.29, 1.82) is 0 Å². The van der Waals surface area contributed by atoms with Gasteiger partial charge in [-0.3, -0.25) is 4.79 Å². The number of carbonyl (C=O) groups is 1. The zero-order chi connectivity index (χ0) is 17.6. The lowest BCUT2D eigenvalue weighted by molar-refractivity contribution is -0.142.